The SMILES string of the molecule is COc1cc(F)ccc1N[C@H]1CCCC[C@@H]1O. The lowest BCUT2D eigenvalue weighted by Crippen LogP contribution is -2.36. The van der Waals surface area contributed by atoms with Crippen molar-refractivity contribution in [3.05, 3.63) is 24.0 Å². The third-order valence-corrected chi connectivity index (χ3v) is 3.23. The Kier molecular flexibility index (Phi) is 3.84. The fourth-order valence-electron chi connectivity index (χ4n) is 2.26. The van der Waals surface area contributed by atoms with Crippen LogP contribution in [0, 0.1) is 5.82 Å². The van der Waals surface area contributed by atoms with Gasteiger partial charge in [0.25, 0.3) is 0 Å². The Labute approximate surface area is 101 Å². The number of halogens is 1. The first-order chi connectivity index (χ1) is 8.20. The molecule has 0 bridgehead atoms. The Morgan fingerprint density at radius 1 is 1.35 bits per heavy atom. The van der Waals surface area contributed by atoms with E-state index in [-0.39, 0.29) is 18.0 Å². The van der Waals surface area contributed by atoms with E-state index < -0.39 is 0 Å². The van der Waals surface area contributed by atoms with E-state index in [0.29, 0.717) is 5.75 Å². The van der Waals surface area contributed by atoms with Gasteiger partial charge >= 0.3 is 0 Å². The number of hydrogen-bond donors (Lipinski definition) is 2. The molecule has 1 aliphatic rings. The van der Waals surface area contributed by atoms with Crippen LogP contribution < -0.4 is 10.1 Å². The summed E-state index contributed by atoms with van der Waals surface area (Å²) in [6.07, 6.45) is 3.60. The van der Waals surface area contributed by atoms with E-state index in [4.69, 9.17) is 4.74 Å². The fourth-order valence-corrected chi connectivity index (χ4v) is 2.26. The van der Waals surface area contributed by atoms with Crippen molar-refractivity contribution < 1.29 is 14.2 Å². The zero-order valence-electron chi connectivity index (χ0n) is 9.95. The number of benzene rings is 1. The Bertz CT molecular complexity index is 384. The van der Waals surface area contributed by atoms with Gasteiger partial charge in [0.05, 0.1) is 24.9 Å². The summed E-state index contributed by atoms with van der Waals surface area (Å²) in [7, 11) is 1.51. The summed E-state index contributed by atoms with van der Waals surface area (Å²) in [5.41, 5.74) is 0.736. The van der Waals surface area contributed by atoms with Crippen molar-refractivity contribution in [2.45, 2.75) is 37.8 Å². The standard InChI is InChI=1S/C13H18FNO2/c1-17-13-8-9(14)6-7-11(13)15-10-4-2-3-5-12(10)16/h6-8,10,12,15-16H,2-5H2,1H3/t10-,12-/m0/s1. The lowest BCUT2D eigenvalue weighted by Gasteiger charge is -2.29. The van der Waals surface area contributed by atoms with Gasteiger partial charge in [-0.3, -0.25) is 0 Å². The number of nitrogens with one attached hydrogen (secondary N) is 1. The van der Waals surface area contributed by atoms with Gasteiger partial charge in [0.1, 0.15) is 11.6 Å². The van der Waals surface area contributed by atoms with E-state index in [1.807, 2.05) is 0 Å². The van der Waals surface area contributed by atoms with Gasteiger partial charge in [0.15, 0.2) is 0 Å². The molecule has 1 fully saturated rings. The number of methoxy groups -OCH3 is 1. The van der Waals surface area contributed by atoms with Gasteiger partial charge in [-0.25, -0.2) is 4.39 Å². The molecule has 0 saturated heterocycles. The maximum absolute atomic E-state index is 13.0. The molecule has 2 N–H and O–H groups in total. The first kappa shape index (κ1) is 12.2. The molecule has 2 rings (SSSR count). The average molecular weight is 239 g/mol. The van der Waals surface area contributed by atoms with Crippen LogP contribution in [0.25, 0.3) is 0 Å². The molecule has 1 aromatic rings. The van der Waals surface area contributed by atoms with Crippen molar-refractivity contribution in [2.24, 2.45) is 0 Å². The summed E-state index contributed by atoms with van der Waals surface area (Å²) in [6.45, 7) is 0. The van der Waals surface area contributed by atoms with Gasteiger partial charge in [-0.05, 0) is 25.0 Å². The summed E-state index contributed by atoms with van der Waals surface area (Å²) in [5.74, 6) is 0.152. The number of hydrogen-bond acceptors (Lipinski definition) is 3. The van der Waals surface area contributed by atoms with Crippen LogP contribution in [0.15, 0.2) is 18.2 Å². The minimum absolute atomic E-state index is 0.0307. The van der Waals surface area contributed by atoms with Gasteiger partial charge in [0, 0.05) is 6.07 Å². The van der Waals surface area contributed by atoms with Crippen molar-refractivity contribution in [1.82, 2.24) is 0 Å². The van der Waals surface area contributed by atoms with E-state index in [1.165, 1.54) is 19.2 Å². The van der Waals surface area contributed by atoms with Gasteiger partial charge in [-0.1, -0.05) is 12.8 Å². The predicted octanol–water partition coefficient (Wildman–Crippen LogP) is 2.55. The number of rotatable bonds is 3. The summed E-state index contributed by atoms with van der Waals surface area (Å²) < 4.78 is 18.2. The normalized spacial score (nSPS) is 24.4. The number of ether oxygens (including phenoxy) is 1. The molecule has 2 atom stereocenters. The lowest BCUT2D eigenvalue weighted by molar-refractivity contribution is 0.116. The molecule has 0 spiro atoms. The maximum atomic E-state index is 13.0. The van der Waals surface area contributed by atoms with Gasteiger partial charge in [0.2, 0.25) is 0 Å². The fraction of sp³-hybridized carbons (Fsp3) is 0.538. The number of anilines is 1. The molecule has 0 aliphatic heterocycles. The Morgan fingerprint density at radius 3 is 2.82 bits per heavy atom. The lowest BCUT2D eigenvalue weighted by atomic mass is 9.92. The van der Waals surface area contributed by atoms with Crippen LogP contribution in [0.5, 0.6) is 5.75 Å². The largest absolute Gasteiger partial charge is 0.494 e. The second-order valence-corrected chi connectivity index (χ2v) is 4.45. The van der Waals surface area contributed by atoms with Gasteiger partial charge in [-0.2, -0.15) is 0 Å². The minimum Gasteiger partial charge on any atom is -0.494 e. The Morgan fingerprint density at radius 2 is 2.12 bits per heavy atom. The molecule has 0 heterocycles. The second kappa shape index (κ2) is 5.36. The highest BCUT2D eigenvalue weighted by atomic mass is 19.1. The molecule has 0 radical (unpaired) electrons. The zero-order chi connectivity index (χ0) is 12.3. The molecule has 1 saturated carbocycles. The molecule has 94 valence electrons. The van der Waals surface area contributed by atoms with Crippen LogP contribution in [-0.4, -0.2) is 24.4 Å². The highest BCUT2D eigenvalue weighted by Gasteiger charge is 2.23. The summed E-state index contributed by atoms with van der Waals surface area (Å²) in [6, 6.07) is 4.41. The van der Waals surface area contributed by atoms with Crippen molar-refractivity contribution in [3.8, 4) is 5.75 Å². The topological polar surface area (TPSA) is 41.5 Å². The molecule has 0 unspecified atom stereocenters. The third kappa shape index (κ3) is 2.88. The Balaban J connectivity index is 2.11. The molecule has 4 heteroatoms. The molecular weight excluding hydrogens is 221 g/mol. The smallest absolute Gasteiger partial charge is 0.144 e. The molecule has 1 aromatic carbocycles. The van der Waals surface area contributed by atoms with Crippen LogP contribution >= 0.6 is 0 Å². The maximum Gasteiger partial charge on any atom is 0.144 e. The van der Waals surface area contributed by atoms with E-state index in [0.717, 1.165) is 31.4 Å². The quantitative estimate of drug-likeness (QED) is 0.851. The second-order valence-electron chi connectivity index (χ2n) is 4.45. The number of aliphatic hydroxyl groups is 1. The first-order valence-corrected chi connectivity index (χ1v) is 5.99. The third-order valence-electron chi connectivity index (χ3n) is 3.23. The van der Waals surface area contributed by atoms with Crippen molar-refractivity contribution in [1.29, 1.82) is 0 Å². The van der Waals surface area contributed by atoms with E-state index in [9.17, 15) is 9.50 Å². The van der Waals surface area contributed by atoms with E-state index >= 15 is 0 Å². The molecule has 0 amide bonds. The predicted molar refractivity (Wildman–Crippen MR) is 64.8 cm³/mol. The highest BCUT2D eigenvalue weighted by Crippen LogP contribution is 2.29. The summed E-state index contributed by atoms with van der Waals surface area (Å²) >= 11 is 0. The molecular formula is C13H18FNO2. The summed E-state index contributed by atoms with van der Waals surface area (Å²) in [5, 5.41) is 13.1. The summed E-state index contributed by atoms with van der Waals surface area (Å²) in [4.78, 5) is 0. The monoisotopic (exact) mass is 239 g/mol. The molecule has 1 aliphatic carbocycles. The van der Waals surface area contributed by atoms with E-state index in [1.54, 1.807) is 6.07 Å². The van der Waals surface area contributed by atoms with E-state index in [2.05, 4.69) is 5.32 Å². The highest BCUT2D eigenvalue weighted by molar-refractivity contribution is 5.57. The Hall–Kier alpha value is -1.29. The van der Waals surface area contributed by atoms with Gasteiger partial charge < -0.3 is 15.2 Å². The minimum atomic E-state index is -0.335. The zero-order valence-corrected chi connectivity index (χ0v) is 9.95. The van der Waals surface area contributed by atoms with Crippen LogP contribution in [0.2, 0.25) is 0 Å². The molecule has 17 heavy (non-hydrogen) atoms. The first-order valence-electron chi connectivity index (χ1n) is 5.99. The number of aliphatic hydroxyl groups excluding tert-OH is 1. The van der Waals surface area contributed by atoms with Gasteiger partial charge in [-0.15, -0.1) is 0 Å². The molecule has 3 nitrogen and oxygen atoms in total. The molecule has 0 aromatic heterocycles. The van der Waals surface area contributed by atoms with Crippen molar-refractivity contribution in [2.75, 3.05) is 12.4 Å². The van der Waals surface area contributed by atoms with Crippen molar-refractivity contribution >= 4 is 5.69 Å². The van der Waals surface area contributed by atoms with Crippen LogP contribution in [0.3, 0.4) is 0 Å². The average Bonchev–Trinajstić information content (AvgIpc) is 2.34. The van der Waals surface area contributed by atoms with Crippen LogP contribution in [0.1, 0.15) is 25.7 Å². The van der Waals surface area contributed by atoms with Crippen LogP contribution in [-0.2, 0) is 0 Å². The van der Waals surface area contributed by atoms with Crippen LogP contribution in [0.4, 0.5) is 10.1 Å². The van der Waals surface area contributed by atoms with Crippen molar-refractivity contribution in [3.63, 3.8) is 0 Å².